The average molecular weight is 1430 g/mol. The lowest BCUT2D eigenvalue weighted by atomic mass is 9.96. The molecule has 6 rings (SSSR count). The number of hydrogen-bond acceptors (Lipinski definition) is 32. The summed E-state index contributed by atoms with van der Waals surface area (Å²) in [6.45, 7) is 3.39. The topological polar surface area (TPSA) is 691 Å². The van der Waals surface area contributed by atoms with Crippen LogP contribution in [-0.2, 0) is 54.1 Å². The maximum atomic E-state index is 15.2. The number of guanidine groups is 1. The Morgan fingerprint density at radius 3 is 2.09 bits per heavy atom. The molecule has 2 aliphatic heterocycles. The molecule has 0 unspecified atom stereocenters. The van der Waals surface area contributed by atoms with Gasteiger partial charge in [0.25, 0.3) is 11.8 Å². The first-order valence-corrected chi connectivity index (χ1v) is 32.1. The van der Waals surface area contributed by atoms with Gasteiger partial charge in [-0.25, -0.2) is 29.7 Å². The number of unbranched alkanes of at least 4 members (excludes halogenated alkanes) is 1. The van der Waals surface area contributed by atoms with Gasteiger partial charge in [0.15, 0.2) is 24.6 Å². The number of carbonyl (C=O) groups excluding carboxylic acids is 8. The van der Waals surface area contributed by atoms with E-state index in [0.29, 0.717) is 41.6 Å². The summed E-state index contributed by atoms with van der Waals surface area (Å²) in [5.74, 6) is -8.85. The molecule has 542 valence electrons. The number of aliphatic imine (C=N–C) groups is 1. The van der Waals surface area contributed by atoms with E-state index in [4.69, 9.17) is 63.8 Å². The fourth-order valence-corrected chi connectivity index (χ4v) is 11.5. The van der Waals surface area contributed by atoms with Crippen LogP contribution in [-0.4, -0.2) is 261 Å². The zero-order valence-electron chi connectivity index (χ0n) is 53.3. The molecule has 8 amide bonds. The molecule has 41 nitrogen and oxygen atoms in total. The van der Waals surface area contributed by atoms with Crippen molar-refractivity contribution in [1.82, 2.24) is 61.8 Å². The van der Waals surface area contributed by atoms with Gasteiger partial charge in [-0.05, 0) is 33.6 Å². The molecule has 43 heteroatoms. The van der Waals surface area contributed by atoms with Crippen LogP contribution in [0.1, 0.15) is 95.2 Å². The molecule has 0 radical (unpaired) electrons. The van der Waals surface area contributed by atoms with E-state index >= 15 is 4.79 Å². The molecule has 0 bridgehead atoms. The lowest BCUT2D eigenvalue weighted by Gasteiger charge is -2.47. The van der Waals surface area contributed by atoms with Crippen molar-refractivity contribution in [2.24, 2.45) is 45.3 Å². The molecule has 0 spiro atoms. The van der Waals surface area contributed by atoms with Gasteiger partial charge in [0, 0.05) is 55.3 Å². The Balaban J connectivity index is 1.24. The standard InChI is InChI=1S/C55H84N20O21S2/c1-19-32(72-45(75-43(19)58)24(11-30(57)79)67-12-23(56)44(59)85)49(89)74-34(40(25-13-63-18-68-25)94-53-42(38(83)36(81)28(14-76)93-53)95-52-39(84)41(96-55(62)91)37(82)29(15-77)92-52)50(90)69-21(3)35(80)20(2)46(86)73-33(22(4)78)48(88)65-10-7-31-70-27(17-97-31)51-71-26(16-98-51)47(87)64-8-5-6-9-66-54(60)61/h13,16-18,20-24,28-29,33-42,52-53,67,76-78,80-84H,5-12,14-15,56H2,1-4H3,(H2,57,79)(H2,59,85)(H2,62,91)(H,63,68)(H,64,87)(H,65,88)(H,69,90)(H,73,86)(H,74,89)(H2,58,72,75)(H4,60,61,66)/t20-,21+,22+,23-,24-,28+,29+,33+,34+,35+,36+,37+,38-,39-,40-,41-,42-,52-,53-/m0/s1. The van der Waals surface area contributed by atoms with E-state index in [-0.39, 0.29) is 60.0 Å². The third kappa shape index (κ3) is 21.1. The van der Waals surface area contributed by atoms with Crippen LogP contribution in [0.25, 0.3) is 10.7 Å². The number of nitrogens with two attached hydrogens (primary N) is 7. The maximum Gasteiger partial charge on any atom is 0.404 e. The molecule has 4 aromatic heterocycles. The number of amides is 8. The van der Waals surface area contributed by atoms with Gasteiger partial charge in [-0.2, -0.15) is 0 Å². The van der Waals surface area contributed by atoms with Crippen LogP contribution < -0.4 is 72.0 Å². The maximum absolute atomic E-state index is 15.2. The van der Waals surface area contributed by atoms with E-state index in [1.165, 1.54) is 50.4 Å². The van der Waals surface area contributed by atoms with Gasteiger partial charge in [0.05, 0.1) is 72.7 Å². The number of H-pyrrole nitrogens is 1. The first kappa shape index (κ1) is 78.6. The van der Waals surface area contributed by atoms with Gasteiger partial charge >= 0.3 is 6.09 Å². The number of nitrogen functional groups attached to an aromatic ring is 1. The number of aromatic amines is 1. The number of nitrogens with zero attached hydrogens (tertiary/aromatic N) is 6. The number of thiazole rings is 2. The van der Waals surface area contributed by atoms with Crippen LogP contribution >= 0.6 is 22.7 Å². The highest BCUT2D eigenvalue weighted by molar-refractivity contribution is 7.14. The third-order valence-electron chi connectivity index (χ3n) is 15.4. The summed E-state index contributed by atoms with van der Waals surface area (Å²) < 4.78 is 28.7. The summed E-state index contributed by atoms with van der Waals surface area (Å²) in [5.41, 5.74) is 38.6. The minimum atomic E-state index is -2.20. The number of aliphatic hydroxyl groups is 8. The van der Waals surface area contributed by atoms with Gasteiger partial charge in [-0.1, -0.05) is 6.92 Å². The Labute approximate surface area is 565 Å². The SMILES string of the molecule is Cc1c(N)nc([C@H](CC(N)=O)NC[C@H](N)C(N)=O)nc1C(=O)N[C@@H](C(=O)N[C@H](C)[C@H](O)[C@H](C)C(=O)N[C@@H](C(=O)NCCc1nc(-c2nc(C(=O)NCCCCN=C(N)N)cs2)cs1)[C@@H](C)O)[C@@H](O[C@@H]1O[C@H](CO)[C@@H](O)[C@H](O)[C@@H]1O[C@@H]1O[C@H](CO)[C@@H](O)[C@H](OC(N)=O)[C@@H]1O)c1cnc[nH]1. The number of ether oxygens (including phenoxy) is 5. The number of nitrogens with one attached hydrogen (secondary N) is 7. The van der Waals surface area contributed by atoms with Crippen LogP contribution in [0.5, 0.6) is 0 Å². The molecule has 0 saturated carbocycles. The van der Waals surface area contributed by atoms with Crippen molar-refractivity contribution in [2.75, 3.05) is 45.1 Å². The minimum Gasteiger partial charge on any atom is -0.441 e. The normalized spacial score (nSPS) is 23.6. The molecule has 98 heavy (non-hydrogen) atoms. The molecule has 4 aromatic rings. The molecular weight excluding hydrogens is 1340 g/mol. The molecule has 2 aliphatic rings. The summed E-state index contributed by atoms with van der Waals surface area (Å²) in [6.07, 6.45) is -23.9. The van der Waals surface area contributed by atoms with Crippen molar-refractivity contribution in [3.63, 3.8) is 0 Å². The quantitative estimate of drug-likeness (QED) is 0.0114. The van der Waals surface area contributed by atoms with Gasteiger partial charge in [-0.15, -0.1) is 22.7 Å². The van der Waals surface area contributed by atoms with Crippen molar-refractivity contribution in [3.05, 3.63) is 56.8 Å². The van der Waals surface area contributed by atoms with E-state index in [1.807, 2.05) is 0 Å². The van der Waals surface area contributed by atoms with E-state index in [2.05, 4.69) is 66.8 Å². The minimum absolute atomic E-state index is 0.0175. The smallest absolute Gasteiger partial charge is 0.404 e. The number of anilines is 1. The highest BCUT2D eigenvalue weighted by atomic mass is 32.1. The fraction of sp³-hybridized carbons (Fsp3) is 0.600. The largest absolute Gasteiger partial charge is 0.441 e. The third-order valence-corrected chi connectivity index (χ3v) is 17.2. The summed E-state index contributed by atoms with van der Waals surface area (Å²) in [5, 5.41) is 108. The zero-order chi connectivity index (χ0) is 72.4. The molecule has 0 aliphatic carbocycles. The van der Waals surface area contributed by atoms with E-state index in [0.717, 1.165) is 12.5 Å². The van der Waals surface area contributed by atoms with E-state index < -0.39 is 183 Å². The summed E-state index contributed by atoms with van der Waals surface area (Å²) >= 11 is 2.46. The highest BCUT2D eigenvalue weighted by Crippen LogP contribution is 2.35. The Hall–Kier alpha value is -8.38. The first-order valence-electron chi connectivity index (χ1n) is 30.4. The van der Waals surface area contributed by atoms with Crippen LogP contribution in [0, 0.1) is 12.8 Å². The molecule has 19 atom stereocenters. The number of rotatable bonds is 36. The Morgan fingerprint density at radius 1 is 0.765 bits per heavy atom. The molecule has 0 aromatic carbocycles. The van der Waals surface area contributed by atoms with Crippen molar-refractivity contribution in [2.45, 2.75) is 163 Å². The van der Waals surface area contributed by atoms with Crippen LogP contribution in [0.2, 0.25) is 0 Å². The molecule has 29 N–H and O–H groups in total. The molecule has 6 heterocycles. The van der Waals surface area contributed by atoms with Crippen LogP contribution in [0.15, 0.2) is 28.3 Å². The van der Waals surface area contributed by atoms with Gasteiger partial charge in [-0.3, -0.25) is 38.6 Å². The van der Waals surface area contributed by atoms with Crippen molar-refractivity contribution < 1.29 is 103 Å². The lowest BCUT2D eigenvalue weighted by molar-refractivity contribution is -0.372. The number of imidazole rings is 1. The van der Waals surface area contributed by atoms with Crippen LogP contribution in [0.3, 0.4) is 0 Å². The molecule has 2 fully saturated rings. The second-order valence-corrected chi connectivity index (χ2v) is 24.6. The van der Waals surface area contributed by atoms with Crippen molar-refractivity contribution in [1.29, 1.82) is 0 Å². The second-order valence-electron chi connectivity index (χ2n) is 22.8. The van der Waals surface area contributed by atoms with Crippen molar-refractivity contribution in [3.8, 4) is 10.7 Å². The van der Waals surface area contributed by atoms with Crippen LogP contribution in [0.4, 0.5) is 10.6 Å². The Morgan fingerprint density at radius 2 is 1.46 bits per heavy atom. The Kier molecular flexibility index (Phi) is 29.2. The number of aromatic nitrogens is 6. The highest BCUT2D eigenvalue weighted by Gasteiger charge is 2.54. The molecular formula is C55H84N20O21S2. The van der Waals surface area contributed by atoms with Gasteiger partial charge in [0.1, 0.15) is 94.6 Å². The second kappa shape index (κ2) is 36.5. The monoisotopic (exact) mass is 1420 g/mol. The van der Waals surface area contributed by atoms with Gasteiger partial charge in [0.2, 0.25) is 29.5 Å². The summed E-state index contributed by atoms with van der Waals surface area (Å²) in [4.78, 5) is 135. The van der Waals surface area contributed by atoms with Crippen molar-refractivity contribution >= 4 is 81.9 Å². The predicted molar refractivity (Wildman–Crippen MR) is 340 cm³/mol. The summed E-state index contributed by atoms with van der Waals surface area (Å²) in [7, 11) is 0. The number of hydrogen-bond donors (Lipinski definition) is 22. The average Bonchev–Trinajstić information content (AvgIpc) is 0.925. The number of aliphatic hydroxyl groups excluding tert-OH is 8. The Bertz CT molecular complexity index is 3380. The molecule has 2 saturated heterocycles. The number of primary amides is 3. The number of carbonyl (C=O) groups is 8. The summed E-state index contributed by atoms with van der Waals surface area (Å²) in [6, 6.07) is -7.89. The lowest BCUT2D eigenvalue weighted by Crippen LogP contribution is -2.65. The van der Waals surface area contributed by atoms with E-state index in [9.17, 15) is 74.4 Å². The predicted octanol–water partition coefficient (Wildman–Crippen LogP) is -8.92. The van der Waals surface area contributed by atoms with Gasteiger partial charge < -0.3 is 142 Å². The zero-order valence-corrected chi connectivity index (χ0v) is 54.9. The fourth-order valence-electron chi connectivity index (χ4n) is 9.88. The van der Waals surface area contributed by atoms with E-state index in [1.54, 1.807) is 10.8 Å². The first-order chi connectivity index (χ1) is 46.3.